The molecule has 1 aliphatic heterocycles. The second-order valence-corrected chi connectivity index (χ2v) is 2.96. The molecule has 0 fully saturated rings. The van der Waals surface area contributed by atoms with Gasteiger partial charge in [0.1, 0.15) is 18.8 Å². The van der Waals surface area contributed by atoms with E-state index in [0.717, 1.165) is 4.47 Å². The predicted molar refractivity (Wildman–Crippen MR) is 40.5 cm³/mol. The summed E-state index contributed by atoms with van der Waals surface area (Å²) in [6, 6.07) is 1.80. The first kappa shape index (κ1) is 6.79. The quantitative estimate of drug-likeness (QED) is 0.724. The Morgan fingerprint density at radius 2 is 2.00 bits per heavy atom. The monoisotopic (exact) mass is 216 g/mol. The highest BCUT2D eigenvalue weighted by molar-refractivity contribution is 9.10. The lowest BCUT2D eigenvalue weighted by Gasteiger charge is -2.04. The van der Waals surface area contributed by atoms with E-state index in [0.29, 0.717) is 5.76 Å². The maximum absolute atomic E-state index is 5.11. The van der Waals surface area contributed by atoms with Crippen molar-refractivity contribution in [2.75, 3.05) is 0 Å². The summed E-state index contributed by atoms with van der Waals surface area (Å²) in [5.74, 6) is 0.655. The van der Waals surface area contributed by atoms with Gasteiger partial charge < -0.3 is 13.9 Å². The molecule has 0 saturated heterocycles. The summed E-state index contributed by atoms with van der Waals surface area (Å²) in [5, 5.41) is 0. The Balaban J connectivity index is 2.17. The third-order valence-corrected chi connectivity index (χ3v) is 1.70. The largest absolute Gasteiger partial charge is 0.460 e. The zero-order chi connectivity index (χ0) is 7.68. The maximum atomic E-state index is 5.11. The minimum absolute atomic E-state index is 0.415. The van der Waals surface area contributed by atoms with Gasteiger partial charge in [-0.05, 0) is 15.9 Å². The first-order valence-electron chi connectivity index (χ1n) is 3.06. The molecule has 0 spiro atoms. The van der Waals surface area contributed by atoms with E-state index in [-0.39, 0.29) is 0 Å². The second-order valence-electron chi connectivity index (χ2n) is 2.04. The molecule has 1 aromatic heterocycles. The zero-order valence-electron chi connectivity index (χ0n) is 5.49. The van der Waals surface area contributed by atoms with Gasteiger partial charge in [0, 0.05) is 6.07 Å². The van der Waals surface area contributed by atoms with Gasteiger partial charge in [-0.3, -0.25) is 0 Å². The molecule has 11 heavy (non-hydrogen) atoms. The number of hydrogen-bond donors (Lipinski definition) is 0. The fraction of sp³-hybridized carbons (Fsp3) is 0.143. The molecule has 0 aromatic carbocycles. The molecule has 0 saturated carbocycles. The first-order valence-corrected chi connectivity index (χ1v) is 3.85. The molecular weight excluding hydrogens is 212 g/mol. The SMILES string of the molecule is Brc1coc(C2OC=CO2)c1. The fourth-order valence-corrected chi connectivity index (χ4v) is 1.14. The number of rotatable bonds is 1. The summed E-state index contributed by atoms with van der Waals surface area (Å²) in [6.45, 7) is 0. The van der Waals surface area contributed by atoms with Crippen LogP contribution in [0.15, 0.2) is 33.7 Å². The highest BCUT2D eigenvalue weighted by Crippen LogP contribution is 2.27. The van der Waals surface area contributed by atoms with E-state index in [4.69, 9.17) is 13.9 Å². The Labute approximate surface area is 71.7 Å². The normalized spacial score (nSPS) is 16.5. The minimum atomic E-state index is -0.415. The summed E-state index contributed by atoms with van der Waals surface area (Å²) in [4.78, 5) is 0. The lowest BCUT2D eigenvalue weighted by molar-refractivity contribution is -0.0404. The molecule has 0 N–H and O–H groups in total. The zero-order valence-corrected chi connectivity index (χ0v) is 7.08. The summed E-state index contributed by atoms with van der Waals surface area (Å²) >= 11 is 3.25. The molecule has 0 bridgehead atoms. The van der Waals surface area contributed by atoms with Gasteiger partial charge in [0.2, 0.25) is 0 Å². The minimum Gasteiger partial charge on any atom is -0.460 e. The van der Waals surface area contributed by atoms with Gasteiger partial charge in [-0.2, -0.15) is 0 Å². The third kappa shape index (κ3) is 1.26. The Hall–Kier alpha value is -0.900. The molecule has 1 aromatic rings. The van der Waals surface area contributed by atoms with E-state index in [2.05, 4.69) is 15.9 Å². The van der Waals surface area contributed by atoms with Crippen LogP contribution in [0.3, 0.4) is 0 Å². The van der Waals surface area contributed by atoms with Crippen molar-refractivity contribution in [1.29, 1.82) is 0 Å². The van der Waals surface area contributed by atoms with Crippen LogP contribution < -0.4 is 0 Å². The molecule has 2 heterocycles. The summed E-state index contributed by atoms with van der Waals surface area (Å²) < 4.78 is 16.1. The number of halogens is 1. The van der Waals surface area contributed by atoms with E-state index in [1.165, 1.54) is 12.5 Å². The topological polar surface area (TPSA) is 31.6 Å². The molecule has 0 unspecified atom stereocenters. The fourth-order valence-electron chi connectivity index (χ4n) is 0.825. The average Bonchev–Trinajstić information content (AvgIpc) is 2.55. The van der Waals surface area contributed by atoms with Crippen molar-refractivity contribution in [2.45, 2.75) is 6.29 Å². The molecule has 0 atom stereocenters. The predicted octanol–water partition coefficient (Wildman–Crippen LogP) is 2.56. The lowest BCUT2D eigenvalue weighted by atomic mass is 10.4. The Kier molecular flexibility index (Phi) is 1.62. The van der Waals surface area contributed by atoms with E-state index >= 15 is 0 Å². The standard InChI is InChI=1S/C7H5BrO3/c8-5-3-6(11-4-5)7-9-1-2-10-7/h1-4,7H. The number of furan rings is 1. The highest BCUT2D eigenvalue weighted by Gasteiger charge is 2.18. The van der Waals surface area contributed by atoms with Crippen molar-refractivity contribution in [2.24, 2.45) is 0 Å². The van der Waals surface area contributed by atoms with Crippen LogP contribution in [-0.2, 0) is 9.47 Å². The Morgan fingerprint density at radius 3 is 2.55 bits per heavy atom. The van der Waals surface area contributed by atoms with Crippen molar-refractivity contribution in [3.05, 3.63) is 35.1 Å². The van der Waals surface area contributed by atoms with Crippen LogP contribution in [-0.4, -0.2) is 0 Å². The van der Waals surface area contributed by atoms with Gasteiger partial charge in [0.05, 0.1) is 4.47 Å². The number of hydrogen-bond acceptors (Lipinski definition) is 3. The molecule has 0 amide bonds. The van der Waals surface area contributed by atoms with Gasteiger partial charge in [-0.25, -0.2) is 0 Å². The van der Waals surface area contributed by atoms with E-state index in [1.807, 2.05) is 0 Å². The molecule has 0 aliphatic carbocycles. The maximum Gasteiger partial charge on any atom is 0.299 e. The second kappa shape index (κ2) is 2.62. The van der Waals surface area contributed by atoms with Crippen molar-refractivity contribution in [1.82, 2.24) is 0 Å². The summed E-state index contributed by atoms with van der Waals surface area (Å²) in [7, 11) is 0. The molecule has 2 rings (SSSR count). The molecule has 1 aliphatic rings. The van der Waals surface area contributed by atoms with Crippen LogP contribution in [0.4, 0.5) is 0 Å². The van der Waals surface area contributed by atoms with Crippen LogP contribution in [0, 0.1) is 0 Å². The molecular formula is C7H5BrO3. The first-order chi connectivity index (χ1) is 5.36. The van der Waals surface area contributed by atoms with E-state index in [1.54, 1.807) is 12.3 Å². The van der Waals surface area contributed by atoms with E-state index in [9.17, 15) is 0 Å². The van der Waals surface area contributed by atoms with Crippen LogP contribution >= 0.6 is 15.9 Å². The van der Waals surface area contributed by atoms with Gasteiger partial charge in [-0.15, -0.1) is 0 Å². The summed E-state index contributed by atoms with van der Waals surface area (Å²) in [6.07, 6.45) is 4.14. The van der Waals surface area contributed by atoms with Crippen molar-refractivity contribution in [3.63, 3.8) is 0 Å². The van der Waals surface area contributed by atoms with Crippen molar-refractivity contribution in [3.8, 4) is 0 Å². The Bertz CT molecular complexity index is 271. The van der Waals surface area contributed by atoms with Crippen LogP contribution in [0.2, 0.25) is 0 Å². The lowest BCUT2D eigenvalue weighted by Crippen LogP contribution is -1.94. The van der Waals surface area contributed by atoms with Crippen molar-refractivity contribution < 1.29 is 13.9 Å². The highest BCUT2D eigenvalue weighted by atomic mass is 79.9. The summed E-state index contributed by atoms with van der Waals surface area (Å²) in [5.41, 5.74) is 0. The molecule has 0 radical (unpaired) electrons. The van der Waals surface area contributed by atoms with E-state index < -0.39 is 6.29 Å². The van der Waals surface area contributed by atoms with Gasteiger partial charge in [0.25, 0.3) is 6.29 Å². The average molecular weight is 217 g/mol. The molecule has 3 nitrogen and oxygen atoms in total. The van der Waals surface area contributed by atoms with Gasteiger partial charge >= 0.3 is 0 Å². The third-order valence-electron chi connectivity index (χ3n) is 1.28. The van der Waals surface area contributed by atoms with Gasteiger partial charge in [-0.1, -0.05) is 0 Å². The smallest absolute Gasteiger partial charge is 0.299 e. The van der Waals surface area contributed by atoms with Crippen LogP contribution in [0.5, 0.6) is 0 Å². The van der Waals surface area contributed by atoms with Crippen molar-refractivity contribution >= 4 is 15.9 Å². The van der Waals surface area contributed by atoms with Crippen LogP contribution in [0.1, 0.15) is 12.1 Å². The van der Waals surface area contributed by atoms with Gasteiger partial charge in [0.15, 0.2) is 5.76 Å². The van der Waals surface area contributed by atoms with Crippen LogP contribution in [0.25, 0.3) is 0 Å². The Morgan fingerprint density at radius 1 is 1.27 bits per heavy atom. The molecule has 58 valence electrons. The number of ether oxygens (including phenoxy) is 2. The molecule has 4 heteroatoms.